The van der Waals surface area contributed by atoms with Crippen LogP contribution in [0.25, 0.3) is 22.8 Å². The predicted molar refractivity (Wildman–Crippen MR) is 106 cm³/mol. The summed E-state index contributed by atoms with van der Waals surface area (Å²) in [4.78, 5) is 18.2. The first-order valence-electron chi connectivity index (χ1n) is 8.20. The van der Waals surface area contributed by atoms with Crippen molar-refractivity contribution in [1.82, 2.24) is 15.5 Å². The molecule has 4 rings (SSSR count). The van der Waals surface area contributed by atoms with E-state index in [2.05, 4.69) is 15.5 Å². The normalized spacial score (nSPS) is 10.7. The lowest BCUT2D eigenvalue weighted by Crippen LogP contribution is -2.23. The fourth-order valence-electron chi connectivity index (χ4n) is 2.59. The second-order valence-electron chi connectivity index (χ2n) is 5.74. The van der Waals surface area contributed by atoms with Crippen molar-refractivity contribution >= 4 is 28.8 Å². The predicted octanol–water partition coefficient (Wildman–Crippen LogP) is 5.05. The molecule has 0 spiro atoms. The van der Waals surface area contributed by atoms with Crippen LogP contribution in [-0.2, 0) is 6.54 Å². The number of nitrogens with one attached hydrogen (secondary N) is 1. The van der Waals surface area contributed by atoms with Crippen LogP contribution in [0.5, 0.6) is 0 Å². The fraction of sp³-hybridized carbons (Fsp3) is 0.0500. The third kappa shape index (κ3) is 3.92. The third-order valence-corrected chi connectivity index (χ3v) is 5.06. The smallest absolute Gasteiger partial charge is 0.259 e. The third-order valence-electron chi connectivity index (χ3n) is 3.93. The Kier molecular flexibility index (Phi) is 5.00. The molecule has 7 heteroatoms. The van der Waals surface area contributed by atoms with E-state index in [4.69, 9.17) is 16.1 Å². The Hall–Kier alpha value is -2.96. The monoisotopic (exact) mass is 395 g/mol. The summed E-state index contributed by atoms with van der Waals surface area (Å²) >= 11 is 7.51. The minimum absolute atomic E-state index is 0.190. The lowest BCUT2D eigenvalue weighted by molar-refractivity contribution is 0.0951. The molecule has 2 aromatic carbocycles. The van der Waals surface area contributed by atoms with Crippen LogP contribution in [0.3, 0.4) is 0 Å². The molecule has 134 valence electrons. The van der Waals surface area contributed by atoms with Crippen LogP contribution < -0.4 is 5.32 Å². The van der Waals surface area contributed by atoms with Gasteiger partial charge in [-0.1, -0.05) is 35.0 Å². The number of rotatable bonds is 5. The quantitative estimate of drug-likeness (QED) is 0.513. The van der Waals surface area contributed by atoms with Crippen molar-refractivity contribution in [3.63, 3.8) is 0 Å². The molecule has 0 saturated carbocycles. The van der Waals surface area contributed by atoms with Crippen molar-refractivity contribution in [2.24, 2.45) is 0 Å². The molecule has 0 aliphatic rings. The number of carbonyl (C=O) groups is 1. The van der Waals surface area contributed by atoms with Crippen molar-refractivity contribution in [3.05, 3.63) is 81.5 Å². The average Bonchev–Trinajstić information content (AvgIpc) is 3.39. The number of thiophene rings is 1. The highest BCUT2D eigenvalue weighted by Crippen LogP contribution is 2.26. The SMILES string of the molecule is O=C(NCc1cccs1)c1ccccc1-c1nc(-c2ccc(Cl)cc2)no1. The molecule has 1 amide bonds. The topological polar surface area (TPSA) is 68.0 Å². The van der Waals surface area contributed by atoms with Crippen molar-refractivity contribution in [2.75, 3.05) is 0 Å². The van der Waals surface area contributed by atoms with Crippen LogP contribution >= 0.6 is 22.9 Å². The van der Waals surface area contributed by atoms with Crippen LogP contribution in [0, 0.1) is 0 Å². The lowest BCUT2D eigenvalue weighted by atomic mass is 10.1. The molecule has 27 heavy (non-hydrogen) atoms. The molecule has 0 fully saturated rings. The maximum absolute atomic E-state index is 12.6. The number of hydrogen-bond acceptors (Lipinski definition) is 5. The van der Waals surface area contributed by atoms with Crippen molar-refractivity contribution < 1.29 is 9.32 Å². The van der Waals surface area contributed by atoms with Gasteiger partial charge in [0.1, 0.15) is 0 Å². The molecular formula is C20H14ClN3O2S. The number of hydrogen-bond donors (Lipinski definition) is 1. The Bertz CT molecular complexity index is 1060. The minimum atomic E-state index is -0.190. The van der Waals surface area contributed by atoms with Gasteiger partial charge in [-0.15, -0.1) is 11.3 Å². The molecule has 4 aromatic rings. The largest absolute Gasteiger partial charge is 0.347 e. The molecule has 0 aliphatic heterocycles. The first-order chi connectivity index (χ1) is 13.2. The van der Waals surface area contributed by atoms with E-state index in [1.54, 1.807) is 41.7 Å². The van der Waals surface area contributed by atoms with Gasteiger partial charge < -0.3 is 9.84 Å². The van der Waals surface area contributed by atoms with E-state index in [9.17, 15) is 4.79 Å². The van der Waals surface area contributed by atoms with E-state index in [1.165, 1.54) is 0 Å². The van der Waals surface area contributed by atoms with Crippen LogP contribution in [0.1, 0.15) is 15.2 Å². The van der Waals surface area contributed by atoms with E-state index < -0.39 is 0 Å². The summed E-state index contributed by atoms with van der Waals surface area (Å²) in [6.45, 7) is 0.477. The first-order valence-corrected chi connectivity index (χ1v) is 9.46. The van der Waals surface area contributed by atoms with Gasteiger partial charge in [0.05, 0.1) is 17.7 Å². The number of halogens is 1. The standard InChI is InChI=1S/C20H14ClN3O2S/c21-14-9-7-13(8-10-14)18-23-20(26-24-18)17-6-2-1-5-16(17)19(25)22-12-15-4-3-11-27-15/h1-11H,12H2,(H,22,25). The van der Waals surface area contributed by atoms with E-state index in [-0.39, 0.29) is 5.91 Å². The second kappa shape index (κ2) is 7.73. The molecular weight excluding hydrogens is 382 g/mol. The van der Waals surface area contributed by atoms with Crippen LogP contribution in [0.4, 0.5) is 0 Å². The van der Waals surface area contributed by atoms with Crippen LogP contribution in [0.2, 0.25) is 5.02 Å². The highest BCUT2D eigenvalue weighted by Gasteiger charge is 2.18. The van der Waals surface area contributed by atoms with Crippen molar-refractivity contribution in [1.29, 1.82) is 0 Å². The number of amides is 1. The summed E-state index contributed by atoms with van der Waals surface area (Å²) in [5.41, 5.74) is 1.86. The van der Waals surface area contributed by atoms with E-state index in [1.807, 2.05) is 35.7 Å². The number of nitrogens with zero attached hydrogens (tertiary/aromatic N) is 2. The van der Waals surface area contributed by atoms with E-state index in [0.717, 1.165) is 10.4 Å². The number of benzene rings is 2. The lowest BCUT2D eigenvalue weighted by Gasteiger charge is -2.06. The Morgan fingerprint density at radius 1 is 1.07 bits per heavy atom. The second-order valence-corrected chi connectivity index (χ2v) is 7.21. The molecule has 0 saturated heterocycles. The first kappa shape index (κ1) is 17.5. The molecule has 2 heterocycles. The maximum Gasteiger partial charge on any atom is 0.259 e. The Morgan fingerprint density at radius 3 is 2.67 bits per heavy atom. The summed E-state index contributed by atoms with van der Waals surface area (Å²) in [5.74, 6) is 0.544. The summed E-state index contributed by atoms with van der Waals surface area (Å²) in [7, 11) is 0. The maximum atomic E-state index is 12.6. The fourth-order valence-corrected chi connectivity index (χ4v) is 3.36. The van der Waals surface area contributed by atoms with E-state index in [0.29, 0.717) is 34.4 Å². The van der Waals surface area contributed by atoms with Crippen LogP contribution in [-0.4, -0.2) is 16.0 Å². The minimum Gasteiger partial charge on any atom is -0.347 e. The number of carbonyl (C=O) groups excluding carboxylic acids is 1. The van der Waals surface area contributed by atoms with Gasteiger partial charge in [0, 0.05) is 15.5 Å². The van der Waals surface area contributed by atoms with Gasteiger partial charge >= 0.3 is 0 Å². The molecule has 5 nitrogen and oxygen atoms in total. The van der Waals surface area contributed by atoms with Gasteiger partial charge in [-0.25, -0.2) is 0 Å². The van der Waals surface area contributed by atoms with Crippen LogP contribution in [0.15, 0.2) is 70.6 Å². The van der Waals surface area contributed by atoms with E-state index >= 15 is 0 Å². The zero-order chi connectivity index (χ0) is 18.6. The van der Waals surface area contributed by atoms with Crippen molar-refractivity contribution in [2.45, 2.75) is 6.54 Å². The zero-order valence-electron chi connectivity index (χ0n) is 14.1. The average molecular weight is 396 g/mol. The number of aromatic nitrogens is 2. The highest BCUT2D eigenvalue weighted by atomic mass is 35.5. The van der Waals surface area contributed by atoms with Gasteiger partial charge in [0.2, 0.25) is 5.82 Å². The van der Waals surface area contributed by atoms with Gasteiger partial charge in [-0.05, 0) is 47.8 Å². The summed E-state index contributed by atoms with van der Waals surface area (Å²) < 4.78 is 5.40. The highest BCUT2D eigenvalue weighted by molar-refractivity contribution is 7.09. The Labute approximate surface area is 164 Å². The van der Waals surface area contributed by atoms with Gasteiger partial charge in [-0.3, -0.25) is 4.79 Å². The zero-order valence-corrected chi connectivity index (χ0v) is 15.6. The molecule has 0 radical (unpaired) electrons. The Balaban J connectivity index is 1.59. The molecule has 0 bridgehead atoms. The molecule has 0 unspecified atom stereocenters. The molecule has 0 atom stereocenters. The Morgan fingerprint density at radius 2 is 1.89 bits per heavy atom. The summed E-state index contributed by atoms with van der Waals surface area (Å²) in [5, 5.41) is 9.56. The molecule has 2 aromatic heterocycles. The van der Waals surface area contributed by atoms with Gasteiger partial charge in [0.25, 0.3) is 11.8 Å². The van der Waals surface area contributed by atoms with Crippen molar-refractivity contribution in [3.8, 4) is 22.8 Å². The molecule has 1 N–H and O–H groups in total. The summed E-state index contributed by atoms with van der Waals surface area (Å²) in [6, 6.07) is 18.3. The summed E-state index contributed by atoms with van der Waals surface area (Å²) in [6.07, 6.45) is 0. The van der Waals surface area contributed by atoms with Gasteiger partial charge in [-0.2, -0.15) is 4.98 Å². The molecule has 0 aliphatic carbocycles. The van der Waals surface area contributed by atoms with Gasteiger partial charge in [0.15, 0.2) is 0 Å².